The Hall–Kier alpha value is -2.79. The summed E-state index contributed by atoms with van der Waals surface area (Å²) in [6, 6.07) is 8.33. The number of benzene rings is 2. The van der Waals surface area contributed by atoms with E-state index in [-0.39, 0.29) is 43.8 Å². The Kier molecular flexibility index (Phi) is 8.80. The Labute approximate surface area is 246 Å². The van der Waals surface area contributed by atoms with Gasteiger partial charge in [-0.25, -0.2) is 22.6 Å². The van der Waals surface area contributed by atoms with Crippen molar-refractivity contribution in [3.63, 3.8) is 0 Å². The molecule has 4 aromatic rings. The minimum atomic E-state index is -4.10. The zero-order valence-corrected chi connectivity index (χ0v) is 25.4. The molecule has 204 valence electrons. The minimum Gasteiger partial charge on any atom is -0.463 e. The summed E-state index contributed by atoms with van der Waals surface area (Å²) >= 11 is 8.65. The van der Waals surface area contributed by atoms with Crippen LogP contribution in [0.15, 0.2) is 66.2 Å². The number of nitrogens with zero attached hydrogens (tertiary/aromatic N) is 3. The molecule has 39 heavy (non-hydrogen) atoms. The third kappa shape index (κ3) is 6.19. The Balaban J connectivity index is 1.78. The van der Waals surface area contributed by atoms with E-state index in [1.807, 2.05) is 0 Å². The Bertz CT molecular complexity index is 1750. The van der Waals surface area contributed by atoms with Gasteiger partial charge in [-0.15, -0.1) is 23.1 Å². The van der Waals surface area contributed by atoms with Gasteiger partial charge in [-0.2, -0.15) is 4.99 Å². The molecule has 0 aliphatic carbocycles. The van der Waals surface area contributed by atoms with Crippen molar-refractivity contribution >= 4 is 99.4 Å². The van der Waals surface area contributed by atoms with Crippen molar-refractivity contribution in [3.8, 4) is 0 Å². The third-order valence-electron chi connectivity index (χ3n) is 5.36. The highest BCUT2D eigenvalue weighted by Crippen LogP contribution is 2.38. The smallest absolute Gasteiger partial charge is 0.433 e. The predicted molar refractivity (Wildman–Crippen MR) is 156 cm³/mol. The average molecular weight is 719 g/mol. The lowest BCUT2D eigenvalue weighted by Gasteiger charge is -2.11. The van der Waals surface area contributed by atoms with Gasteiger partial charge in [-0.3, -0.25) is 4.79 Å². The second-order valence-electron chi connectivity index (χ2n) is 7.88. The molecule has 0 radical (unpaired) electrons. The second kappa shape index (κ2) is 11.8. The summed E-state index contributed by atoms with van der Waals surface area (Å²) in [7, 11) is -4.10. The molecular weight excluding hydrogens is 701 g/mol. The van der Waals surface area contributed by atoms with Gasteiger partial charge in [0.25, 0.3) is 0 Å². The minimum absolute atomic E-state index is 0.0111. The van der Waals surface area contributed by atoms with E-state index < -0.39 is 21.7 Å². The number of aliphatic imine (C=N–C) groups is 1. The van der Waals surface area contributed by atoms with Crippen molar-refractivity contribution in [2.45, 2.75) is 20.5 Å². The number of carbonyl (C=O) groups excluding carboxylic acids is 1. The van der Waals surface area contributed by atoms with E-state index in [1.54, 1.807) is 10.8 Å². The highest BCUT2D eigenvalue weighted by molar-refractivity contribution is 9.10. The fourth-order valence-corrected chi connectivity index (χ4v) is 8.41. The number of alkyl halides is 1. The van der Waals surface area contributed by atoms with Gasteiger partial charge in [0, 0.05) is 15.7 Å². The number of fused-ring (bicyclic) bond motifs is 1. The van der Waals surface area contributed by atoms with E-state index in [0.717, 1.165) is 11.3 Å². The highest BCUT2D eigenvalue weighted by atomic mass is 79.9. The summed E-state index contributed by atoms with van der Waals surface area (Å²) in [5, 5.41) is 11.6. The molecule has 2 aromatic carbocycles. The number of thiophene rings is 1. The van der Waals surface area contributed by atoms with Crippen LogP contribution in [0.2, 0.25) is 0 Å². The molecule has 0 fully saturated rings. The van der Waals surface area contributed by atoms with Crippen LogP contribution >= 0.6 is 55.0 Å². The number of amidine groups is 1. The molecule has 0 saturated heterocycles. The molecule has 16 heteroatoms. The van der Waals surface area contributed by atoms with Crippen molar-refractivity contribution in [3.05, 3.63) is 63.5 Å². The summed E-state index contributed by atoms with van der Waals surface area (Å²) in [5.74, 6) is -1.11. The Morgan fingerprint density at radius 1 is 1.28 bits per heavy atom. The van der Waals surface area contributed by atoms with Crippen LogP contribution in [0, 0.1) is 5.82 Å². The van der Waals surface area contributed by atoms with Gasteiger partial charge in [-0.1, -0.05) is 15.9 Å². The monoisotopic (exact) mass is 717 g/mol. The molecule has 2 heterocycles. The summed E-state index contributed by atoms with van der Waals surface area (Å²) in [6.07, 6.45) is 1.66. The maximum absolute atomic E-state index is 14.7. The topological polar surface area (TPSA) is 157 Å². The first kappa shape index (κ1) is 29.2. The van der Waals surface area contributed by atoms with E-state index in [4.69, 9.17) is 10.8 Å². The molecule has 2 aromatic heterocycles. The number of carbonyl (C=O) groups is 2. The number of hydrogen-bond acceptors (Lipinski definition) is 7. The molecule has 0 aliphatic heterocycles. The number of imidazole rings is 1. The quantitative estimate of drug-likeness (QED) is 0.0957. The molecular formula is C23H18Br2FN5O5S3. The van der Waals surface area contributed by atoms with Gasteiger partial charge < -0.3 is 20.7 Å². The number of nitrogens with one attached hydrogen (secondary N) is 1. The molecule has 0 aliphatic rings. The number of nitrogens with two attached hydrogens (primary N) is 1. The fourth-order valence-electron chi connectivity index (χ4n) is 3.63. The number of rotatable bonds is 8. The van der Waals surface area contributed by atoms with Crippen LogP contribution in [0.1, 0.15) is 10.4 Å². The standard InChI is InChI=1S/C23H18Br2FN5O5S3/c1-37-22-18(7-17(38-22)21(27)30-23(33)34)39(35,36)13-5-14(25)20-16(6-13)31(10-28-20)9-11-4-12(2-3-15(11)26)29-19(32)8-24/h2-7,10H,8-9H2,1H3,(H2,27,30)(H,29,32)(H,33,34). The maximum Gasteiger partial charge on any atom is 0.433 e. The van der Waals surface area contributed by atoms with Gasteiger partial charge >= 0.3 is 6.09 Å². The molecule has 2 amide bonds. The molecule has 10 nitrogen and oxygen atoms in total. The normalized spacial score (nSPS) is 12.2. The summed E-state index contributed by atoms with van der Waals surface area (Å²) in [6.45, 7) is 0.0111. The van der Waals surface area contributed by atoms with Crippen LogP contribution in [0.5, 0.6) is 0 Å². The van der Waals surface area contributed by atoms with Crippen LogP contribution in [0.3, 0.4) is 0 Å². The summed E-state index contributed by atoms with van der Waals surface area (Å²) < 4.78 is 44.5. The number of hydrogen-bond donors (Lipinski definition) is 3. The van der Waals surface area contributed by atoms with Gasteiger partial charge in [0.2, 0.25) is 15.7 Å². The molecule has 0 bridgehead atoms. The second-order valence-corrected chi connectivity index (χ2v) is 13.3. The van der Waals surface area contributed by atoms with Crippen LogP contribution < -0.4 is 11.1 Å². The Morgan fingerprint density at radius 3 is 2.69 bits per heavy atom. The van der Waals surface area contributed by atoms with E-state index in [2.05, 4.69) is 47.2 Å². The molecule has 0 saturated carbocycles. The summed E-state index contributed by atoms with van der Waals surface area (Å²) in [5.41, 5.74) is 7.30. The third-order valence-corrected chi connectivity index (χ3v) is 10.8. The van der Waals surface area contributed by atoms with Gasteiger partial charge in [0.05, 0.1) is 42.6 Å². The van der Waals surface area contributed by atoms with E-state index in [0.29, 0.717) is 25.4 Å². The number of thioether (sulfide) groups is 1. The van der Waals surface area contributed by atoms with E-state index in [1.165, 1.54) is 54.5 Å². The van der Waals surface area contributed by atoms with Crippen molar-refractivity contribution in [2.24, 2.45) is 10.7 Å². The number of halogens is 3. The van der Waals surface area contributed by atoms with Crippen LogP contribution in [0.25, 0.3) is 11.0 Å². The zero-order chi connectivity index (χ0) is 28.5. The first-order valence-electron chi connectivity index (χ1n) is 10.7. The first-order chi connectivity index (χ1) is 18.4. The lowest BCUT2D eigenvalue weighted by molar-refractivity contribution is -0.113. The van der Waals surface area contributed by atoms with E-state index >= 15 is 0 Å². The Morgan fingerprint density at radius 2 is 2.03 bits per heavy atom. The SMILES string of the molecule is CSc1sc(/C(N)=N\C(=O)O)cc1S(=O)(=O)c1cc(Br)c2ncn(Cc3cc(NC(=O)CBr)ccc3F)c2c1. The summed E-state index contributed by atoms with van der Waals surface area (Å²) in [4.78, 5) is 30.3. The van der Waals surface area contributed by atoms with Crippen LogP contribution in [-0.2, 0) is 21.2 Å². The maximum atomic E-state index is 14.7. The van der Waals surface area contributed by atoms with Gasteiger partial charge in [-0.05, 0) is 58.6 Å². The fraction of sp³-hybridized carbons (Fsp3) is 0.130. The van der Waals surface area contributed by atoms with Crippen molar-refractivity contribution < 1.29 is 27.5 Å². The van der Waals surface area contributed by atoms with Gasteiger partial charge in [0.1, 0.15) is 17.2 Å². The molecule has 0 unspecified atom stereocenters. The average Bonchev–Trinajstić information content (AvgIpc) is 3.51. The predicted octanol–water partition coefficient (Wildman–Crippen LogP) is 5.32. The van der Waals surface area contributed by atoms with Crippen LogP contribution in [-0.4, -0.2) is 52.5 Å². The molecule has 4 rings (SSSR count). The lowest BCUT2D eigenvalue weighted by Crippen LogP contribution is -2.13. The molecule has 0 atom stereocenters. The molecule has 0 spiro atoms. The largest absolute Gasteiger partial charge is 0.463 e. The van der Waals surface area contributed by atoms with Crippen molar-refractivity contribution in [1.82, 2.24) is 9.55 Å². The van der Waals surface area contributed by atoms with Crippen molar-refractivity contribution in [1.29, 1.82) is 0 Å². The zero-order valence-electron chi connectivity index (χ0n) is 19.8. The van der Waals surface area contributed by atoms with E-state index in [9.17, 15) is 22.4 Å². The number of sulfone groups is 1. The first-order valence-corrected chi connectivity index (χ1v) is 16.2. The lowest BCUT2D eigenvalue weighted by atomic mass is 10.1. The number of amides is 2. The number of anilines is 1. The highest BCUT2D eigenvalue weighted by Gasteiger charge is 2.27. The number of aromatic nitrogens is 2. The van der Waals surface area contributed by atoms with Crippen molar-refractivity contribution in [2.75, 3.05) is 16.9 Å². The molecule has 4 N–H and O–H groups in total. The van der Waals surface area contributed by atoms with Gasteiger partial charge in [0.15, 0.2) is 0 Å². The number of carboxylic acid groups (broad SMARTS) is 1. The van der Waals surface area contributed by atoms with Crippen LogP contribution in [0.4, 0.5) is 14.9 Å².